The largest absolute Gasteiger partial charge is 0.294 e. The highest BCUT2D eigenvalue weighted by atomic mass is 32.2. The number of rotatable bonds is 7. The zero-order chi connectivity index (χ0) is 11.9. The topological polar surface area (TPSA) is 0 Å². The molecule has 1 aromatic carbocycles. The lowest BCUT2D eigenvalue weighted by Gasteiger charge is -2.15. The lowest BCUT2D eigenvalue weighted by atomic mass is 10.2. The third kappa shape index (κ3) is 5.50. The summed E-state index contributed by atoms with van der Waals surface area (Å²) in [4.78, 5) is 0. The van der Waals surface area contributed by atoms with Crippen LogP contribution in [0.4, 0.5) is 8.78 Å². The van der Waals surface area contributed by atoms with E-state index < -0.39 is 5.25 Å². The van der Waals surface area contributed by atoms with Gasteiger partial charge in [0.25, 0.3) is 5.25 Å². The lowest BCUT2D eigenvalue weighted by molar-refractivity contribution is 0.0922. The Labute approximate surface area is 100 Å². The second-order valence-corrected chi connectivity index (χ2v) is 5.04. The zero-order valence-electron chi connectivity index (χ0n) is 9.59. The Morgan fingerprint density at radius 3 is 2.44 bits per heavy atom. The first-order valence-electron chi connectivity index (χ1n) is 5.70. The van der Waals surface area contributed by atoms with Gasteiger partial charge >= 0.3 is 0 Å². The minimum absolute atomic E-state index is 0.00165. The molecule has 0 N–H and O–H groups in total. The van der Waals surface area contributed by atoms with Crippen LogP contribution in [0.1, 0.15) is 38.2 Å². The number of halogens is 2. The smallest absolute Gasteiger partial charge is 0.194 e. The first-order valence-corrected chi connectivity index (χ1v) is 6.68. The van der Waals surface area contributed by atoms with E-state index in [2.05, 4.69) is 0 Å². The summed E-state index contributed by atoms with van der Waals surface area (Å²) in [5.41, 5.74) is 0.961. The van der Waals surface area contributed by atoms with Gasteiger partial charge in [0, 0.05) is 12.2 Å². The lowest BCUT2D eigenvalue weighted by Crippen LogP contribution is -2.10. The summed E-state index contributed by atoms with van der Waals surface area (Å²) in [6, 6.07) is 9.42. The third-order valence-corrected chi connectivity index (χ3v) is 3.47. The fourth-order valence-corrected chi connectivity index (χ4v) is 2.28. The van der Waals surface area contributed by atoms with Crippen molar-refractivity contribution in [2.75, 3.05) is 0 Å². The van der Waals surface area contributed by atoms with E-state index in [9.17, 15) is 8.78 Å². The van der Waals surface area contributed by atoms with Crippen molar-refractivity contribution in [3.63, 3.8) is 0 Å². The normalized spacial score (nSPS) is 11.7. The Bertz CT molecular complexity index is 285. The summed E-state index contributed by atoms with van der Waals surface area (Å²) in [6.45, 7) is 2.02. The highest BCUT2D eigenvalue weighted by Gasteiger charge is 2.28. The van der Waals surface area contributed by atoms with Crippen LogP contribution in [0.3, 0.4) is 0 Å². The third-order valence-electron chi connectivity index (χ3n) is 2.36. The molecule has 0 unspecified atom stereocenters. The Kier molecular flexibility index (Phi) is 5.81. The van der Waals surface area contributed by atoms with E-state index in [0.29, 0.717) is 12.2 Å². The molecule has 0 aliphatic rings. The van der Waals surface area contributed by atoms with Gasteiger partial charge < -0.3 is 0 Å². The molecule has 0 saturated heterocycles. The molecule has 0 amide bonds. The molecule has 0 radical (unpaired) electrons. The van der Waals surface area contributed by atoms with Crippen molar-refractivity contribution in [1.82, 2.24) is 0 Å². The van der Waals surface area contributed by atoms with Crippen LogP contribution >= 0.6 is 11.8 Å². The fraction of sp³-hybridized carbons (Fsp3) is 0.538. The average Bonchev–Trinajstić information content (AvgIpc) is 2.28. The molecule has 0 fully saturated rings. The molecule has 3 heteroatoms. The Morgan fingerprint density at radius 1 is 1.12 bits per heavy atom. The van der Waals surface area contributed by atoms with Gasteiger partial charge in [-0.1, -0.05) is 61.9 Å². The van der Waals surface area contributed by atoms with Gasteiger partial charge in [-0.25, -0.2) is 0 Å². The van der Waals surface area contributed by atoms with Gasteiger partial charge in [0.2, 0.25) is 0 Å². The summed E-state index contributed by atoms with van der Waals surface area (Å²) < 4.78 is 26.8. The summed E-state index contributed by atoms with van der Waals surface area (Å²) in [6.07, 6.45) is 2.49. The van der Waals surface area contributed by atoms with E-state index >= 15 is 0 Å². The number of thioether (sulfide) groups is 1. The van der Waals surface area contributed by atoms with Crippen molar-refractivity contribution in [3.05, 3.63) is 35.9 Å². The molecule has 1 rings (SSSR count). The molecule has 0 aliphatic heterocycles. The molecule has 0 nitrogen and oxygen atoms in total. The first-order chi connectivity index (χ1) is 7.64. The maximum atomic E-state index is 13.4. The summed E-state index contributed by atoms with van der Waals surface area (Å²) >= 11 is 0.749. The number of hydrogen-bond acceptors (Lipinski definition) is 1. The quantitative estimate of drug-likeness (QED) is 0.602. The van der Waals surface area contributed by atoms with Crippen molar-refractivity contribution in [3.8, 4) is 0 Å². The van der Waals surface area contributed by atoms with E-state index in [1.165, 1.54) is 0 Å². The highest BCUT2D eigenvalue weighted by Crippen LogP contribution is 2.36. The molecule has 0 spiro atoms. The van der Waals surface area contributed by atoms with Crippen molar-refractivity contribution in [2.45, 2.75) is 43.6 Å². The van der Waals surface area contributed by atoms with Crippen molar-refractivity contribution >= 4 is 11.8 Å². The van der Waals surface area contributed by atoms with E-state index in [1.807, 2.05) is 37.3 Å². The van der Waals surface area contributed by atoms with Gasteiger partial charge in [-0.05, 0) is 12.0 Å². The maximum Gasteiger partial charge on any atom is 0.294 e. The van der Waals surface area contributed by atoms with Crippen LogP contribution in [0.15, 0.2) is 30.3 Å². The predicted octanol–water partition coefficient (Wildman–Crippen LogP) is 5.09. The predicted molar refractivity (Wildman–Crippen MR) is 66.8 cm³/mol. The molecular formula is C13H18F2S. The van der Waals surface area contributed by atoms with E-state index in [0.717, 1.165) is 30.2 Å². The number of hydrogen-bond donors (Lipinski definition) is 0. The molecule has 90 valence electrons. The van der Waals surface area contributed by atoms with Gasteiger partial charge in [0.05, 0.1) is 0 Å². The Morgan fingerprint density at radius 2 is 1.81 bits per heavy atom. The van der Waals surface area contributed by atoms with Crippen LogP contribution in [0.5, 0.6) is 0 Å². The minimum Gasteiger partial charge on any atom is -0.194 e. The van der Waals surface area contributed by atoms with Gasteiger partial charge in [0.15, 0.2) is 0 Å². The van der Waals surface area contributed by atoms with Gasteiger partial charge in [-0.15, -0.1) is 0 Å². The molecular weight excluding hydrogens is 226 g/mol. The van der Waals surface area contributed by atoms with Crippen molar-refractivity contribution in [1.29, 1.82) is 0 Å². The standard InChI is InChI=1S/C13H18F2S/c1-2-3-7-10-13(14,15)16-11-12-8-5-4-6-9-12/h4-6,8-9H,2-3,7,10-11H2,1H3. The molecule has 0 heterocycles. The van der Waals surface area contributed by atoms with Crippen molar-refractivity contribution in [2.24, 2.45) is 0 Å². The summed E-state index contributed by atoms with van der Waals surface area (Å²) in [5, 5.41) is -2.58. The van der Waals surface area contributed by atoms with Crippen LogP contribution in [0.2, 0.25) is 0 Å². The van der Waals surface area contributed by atoms with E-state index in [4.69, 9.17) is 0 Å². The van der Waals surface area contributed by atoms with Crippen LogP contribution in [0.25, 0.3) is 0 Å². The molecule has 1 aromatic rings. The van der Waals surface area contributed by atoms with Crippen LogP contribution in [-0.4, -0.2) is 5.25 Å². The average molecular weight is 244 g/mol. The second kappa shape index (κ2) is 6.89. The summed E-state index contributed by atoms with van der Waals surface area (Å²) in [7, 11) is 0. The SMILES string of the molecule is CCCCCC(F)(F)SCc1ccccc1. The molecule has 0 bridgehead atoms. The Balaban J connectivity index is 2.30. The highest BCUT2D eigenvalue weighted by molar-refractivity contribution is 7.99. The zero-order valence-corrected chi connectivity index (χ0v) is 10.4. The van der Waals surface area contributed by atoms with Gasteiger partial charge in [0.1, 0.15) is 0 Å². The van der Waals surface area contributed by atoms with Gasteiger partial charge in [-0.2, -0.15) is 8.78 Å². The fourth-order valence-electron chi connectivity index (χ4n) is 1.42. The van der Waals surface area contributed by atoms with Gasteiger partial charge in [-0.3, -0.25) is 0 Å². The molecule has 0 saturated carbocycles. The monoisotopic (exact) mass is 244 g/mol. The van der Waals surface area contributed by atoms with Crippen molar-refractivity contribution < 1.29 is 8.78 Å². The molecule has 0 aliphatic carbocycles. The molecule has 16 heavy (non-hydrogen) atoms. The van der Waals surface area contributed by atoms with E-state index in [1.54, 1.807) is 0 Å². The van der Waals surface area contributed by atoms with Crippen LogP contribution in [-0.2, 0) is 5.75 Å². The number of benzene rings is 1. The second-order valence-electron chi connectivity index (χ2n) is 3.87. The molecule has 0 atom stereocenters. The van der Waals surface area contributed by atoms with E-state index in [-0.39, 0.29) is 6.42 Å². The first kappa shape index (κ1) is 13.5. The Hall–Kier alpha value is -0.570. The van der Waals surface area contributed by atoms with Crippen LogP contribution in [0, 0.1) is 0 Å². The van der Waals surface area contributed by atoms with Crippen LogP contribution < -0.4 is 0 Å². The number of unbranched alkanes of at least 4 members (excludes halogenated alkanes) is 2. The number of alkyl halides is 2. The summed E-state index contributed by atoms with van der Waals surface area (Å²) in [5.74, 6) is 0.389. The maximum absolute atomic E-state index is 13.4. The molecule has 0 aromatic heterocycles. The minimum atomic E-state index is -2.58.